The molecule has 2 unspecified atom stereocenters. The van der Waals surface area contributed by atoms with Gasteiger partial charge in [-0.05, 0) is 33.3 Å². The first-order valence-corrected chi connectivity index (χ1v) is 7.09. The van der Waals surface area contributed by atoms with Gasteiger partial charge >= 0.3 is 6.09 Å². The van der Waals surface area contributed by atoms with E-state index in [0.717, 1.165) is 0 Å². The van der Waals surface area contributed by atoms with Crippen LogP contribution >= 0.6 is 0 Å². The minimum absolute atomic E-state index is 0.145. The summed E-state index contributed by atoms with van der Waals surface area (Å²) in [7, 11) is 0. The molecule has 8 nitrogen and oxygen atoms in total. The molecule has 0 saturated heterocycles. The Morgan fingerprint density at radius 2 is 2.00 bits per heavy atom. The van der Waals surface area contributed by atoms with Crippen LogP contribution in [0.3, 0.4) is 0 Å². The van der Waals surface area contributed by atoms with Gasteiger partial charge in [-0.2, -0.15) is 0 Å². The van der Waals surface area contributed by atoms with E-state index in [4.69, 9.17) is 4.74 Å². The summed E-state index contributed by atoms with van der Waals surface area (Å²) in [5.41, 5.74) is -0.174. The highest BCUT2D eigenvalue weighted by atomic mass is 16.6. The summed E-state index contributed by atoms with van der Waals surface area (Å²) in [4.78, 5) is 21.8. The van der Waals surface area contributed by atoms with E-state index < -0.39 is 28.8 Å². The molecule has 1 amide bonds. The number of benzene rings is 1. The Bertz CT molecular complexity index is 582. The molecule has 0 aromatic heterocycles. The second-order valence-electron chi connectivity index (χ2n) is 6.20. The van der Waals surface area contributed by atoms with Gasteiger partial charge in [-0.3, -0.25) is 10.1 Å². The molecule has 0 bridgehead atoms. The number of aliphatic hydroxyl groups is 2. The Hall–Kier alpha value is -2.19. The lowest BCUT2D eigenvalue weighted by Crippen LogP contribution is -2.38. The van der Waals surface area contributed by atoms with Gasteiger partial charge in [0.25, 0.3) is 5.69 Å². The zero-order valence-electron chi connectivity index (χ0n) is 13.6. The molecule has 2 atom stereocenters. The Morgan fingerprint density at radius 3 is 2.52 bits per heavy atom. The van der Waals surface area contributed by atoms with Crippen molar-refractivity contribution in [2.24, 2.45) is 0 Å². The van der Waals surface area contributed by atoms with E-state index in [0.29, 0.717) is 5.56 Å². The second-order valence-corrected chi connectivity index (χ2v) is 6.20. The predicted octanol–water partition coefficient (Wildman–Crippen LogP) is 1.82. The molecular weight excluding hydrogens is 304 g/mol. The maximum absolute atomic E-state index is 11.5. The predicted molar refractivity (Wildman–Crippen MR) is 83.0 cm³/mol. The third-order valence-electron chi connectivity index (χ3n) is 2.99. The van der Waals surface area contributed by atoms with Gasteiger partial charge in [0.1, 0.15) is 17.8 Å². The number of hydrogen-bond donors (Lipinski definition) is 3. The van der Waals surface area contributed by atoms with Crippen molar-refractivity contribution in [2.75, 3.05) is 6.54 Å². The number of amides is 1. The van der Waals surface area contributed by atoms with Crippen LogP contribution in [0.2, 0.25) is 0 Å². The highest BCUT2D eigenvalue weighted by Gasteiger charge is 2.23. The first-order chi connectivity index (χ1) is 10.5. The minimum atomic E-state index is -1.37. The topological polar surface area (TPSA) is 122 Å². The second kappa shape index (κ2) is 7.38. The monoisotopic (exact) mass is 326 g/mol. The summed E-state index contributed by atoms with van der Waals surface area (Å²) < 4.78 is 5.01. The van der Waals surface area contributed by atoms with Crippen LogP contribution in [0, 0.1) is 17.0 Å². The molecule has 1 aromatic rings. The molecule has 1 aromatic carbocycles. The van der Waals surface area contributed by atoms with Gasteiger partial charge in [0.2, 0.25) is 0 Å². The van der Waals surface area contributed by atoms with E-state index in [2.05, 4.69) is 5.32 Å². The Kier molecular flexibility index (Phi) is 6.05. The lowest BCUT2D eigenvalue weighted by molar-refractivity contribution is -0.385. The number of carbonyl (C=O) groups excluding carboxylic acids is 1. The summed E-state index contributed by atoms with van der Waals surface area (Å²) in [6, 6.07) is 4.19. The van der Waals surface area contributed by atoms with Crippen molar-refractivity contribution in [3.05, 3.63) is 39.4 Å². The third-order valence-corrected chi connectivity index (χ3v) is 2.99. The van der Waals surface area contributed by atoms with Gasteiger partial charge in [0, 0.05) is 18.2 Å². The average Bonchev–Trinajstić information content (AvgIpc) is 2.42. The summed E-state index contributed by atoms with van der Waals surface area (Å²) in [5, 5.41) is 33.2. The fraction of sp³-hybridized carbons (Fsp3) is 0.533. The summed E-state index contributed by atoms with van der Waals surface area (Å²) in [6.45, 7) is 6.42. The highest BCUT2D eigenvalue weighted by Crippen LogP contribution is 2.25. The number of rotatable bonds is 5. The highest BCUT2D eigenvalue weighted by molar-refractivity contribution is 5.67. The molecule has 0 aliphatic rings. The molecule has 0 spiro atoms. The average molecular weight is 326 g/mol. The fourth-order valence-corrected chi connectivity index (χ4v) is 1.84. The lowest BCUT2D eigenvalue weighted by Gasteiger charge is -2.22. The molecule has 128 valence electrons. The number of carbonyl (C=O) groups is 1. The standard InChI is InChI=1S/C15H22N2O6/c1-9-5-6-10(7-11(9)17(21)22)13(19)12(18)8-16-14(20)23-15(2,3)4/h5-7,12-13,18-19H,8H2,1-4H3,(H,16,20). The van der Waals surface area contributed by atoms with Gasteiger partial charge in [0.15, 0.2) is 0 Å². The SMILES string of the molecule is Cc1ccc(C(O)C(O)CNC(=O)OC(C)(C)C)cc1[N+](=O)[O-]. The molecule has 8 heteroatoms. The van der Waals surface area contributed by atoms with Crippen molar-refractivity contribution < 1.29 is 24.7 Å². The van der Waals surface area contributed by atoms with Crippen LogP contribution in [-0.4, -0.2) is 39.5 Å². The maximum atomic E-state index is 11.5. The van der Waals surface area contributed by atoms with Crippen LogP contribution in [0.15, 0.2) is 18.2 Å². The quantitative estimate of drug-likeness (QED) is 0.560. The van der Waals surface area contributed by atoms with Crippen molar-refractivity contribution in [1.82, 2.24) is 5.32 Å². The summed E-state index contributed by atoms with van der Waals surface area (Å²) in [5.74, 6) is 0. The molecule has 1 rings (SSSR count). The van der Waals surface area contributed by atoms with Crippen LogP contribution in [0.4, 0.5) is 10.5 Å². The number of ether oxygens (including phenoxy) is 1. The number of nitro groups is 1. The molecule has 23 heavy (non-hydrogen) atoms. The number of nitrogens with one attached hydrogen (secondary N) is 1. The van der Waals surface area contributed by atoms with Crippen LogP contribution in [0.25, 0.3) is 0 Å². The Balaban J connectivity index is 2.70. The fourth-order valence-electron chi connectivity index (χ4n) is 1.84. The van der Waals surface area contributed by atoms with Gasteiger partial charge in [-0.1, -0.05) is 12.1 Å². The van der Waals surface area contributed by atoms with E-state index in [1.54, 1.807) is 27.7 Å². The van der Waals surface area contributed by atoms with E-state index in [-0.39, 0.29) is 17.8 Å². The number of hydrogen-bond acceptors (Lipinski definition) is 6. The van der Waals surface area contributed by atoms with E-state index in [9.17, 15) is 25.1 Å². The van der Waals surface area contributed by atoms with Crippen LogP contribution in [0.5, 0.6) is 0 Å². The smallest absolute Gasteiger partial charge is 0.407 e. The minimum Gasteiger partial charge on any atom is -0.444 e. The first kappa shape index (κ1) is 18.9. The number of aryl methyl sites for hydroxylation is 1. The van der Waals surface area contributed by atoms with E-state index in [1.165, 1.54) is 18.2 Å². The number of alkyl carbamates (subject to hydrolysis) is 1. The van der Waals surface area contributed by atoms with Crippen molar-refractivity contribution >= 4 is 11.8 Å². The molecule has 0 heterocycles. The summed E-state index contributed by atoms with van der Waals surface area (Å²) >= 11 is 0. The van der Waals surface area contributed by atoms with Crippen LogP contribution in [0.1, 0.15) is 38.0 Å². The Morgan fingerprint density at radius 1 is 1.39 bits per heavy atom. The van der Waals surface area contributed by atoms with E-state index >= 15 is 0 Å². The molecule has 0 aliphatic carbocycles. The van der Waals surface area contributed by atoms with Gasteiger partial charge in [-0.25, -0.2) is 4.79 Å². The van der Waals surface area contributed by atoms with Crippen molar-refractivity contribution in [3.63, 3.8) is 0 Å². The number of nitro benzene ring substituents is 1. The molecule has 0 radical (unpaired) electrons. The normalized spacial score (nSPS) is 14.0. The molecule has 0 fully saturated rings. The third kappa shape index (κ3) is 5.84. The zero-order valence-corrected chi connectivity index (χ0v) is 13.6. The lowest BCUT2D eigenvalue weighted by atomic mass is 10.0. The van der Waals surface area contributed by atoms with Crippen molar-refractivity contribution in [2.45, 2.75) is 45.5 Å². The summed E-state index contributed by atoms with van der Waals surface area (Å²) in [6.07, 6.45) is -3.42. The first-order valence-electron chi connectivity index (χ1n) is 7.09. The van der Waals surface area contributed by atoms with Crippen molar-refractivity contribution in [3.8, 4) is 0 Å². The molecular formula is C15H22N2O6. The van der Waals surface area contributed by atoms with Gasteiger partial charge in [0.05, 0.1) is 4.92 Å². The maximum Gasteiger partial charge on any atom is 0.407 e. The van der Waals surface area contributed by atoms with Gasteiger partial charge in [-0.15, -0.1) is 0 Å². The molecule has 0 saturated carbocycles. The van der Waals surface area contributed by atoms with Crippen LogP contribution in [-0.2, 0) is 4.74 Å². The number of aliphatic hydroxyl groups excluding tert-OH is 2. The molecule has 3 N–H and O–H groups in total. The number of nitrogens with zero attached hydrogens (tertiary/aromatic N) is 1. The van der Waals surface area contributed by atoms with E-state index in [1.807, 2.05) is 0 Å². The largest absolute Gasteiger partial charge is 0.444 e. The van der Waals surface area contributed by atoms with Crippen molar-refractivity contribution in [1.29, 1.82) is 0 Å². The molecule has 0 aliphatic heterocycles. The van der Waals surface area contributed by atoms with Crippen LogP contribution < -0.4 is 5.32 Å². The Labute approximate surface area is 134 Å². The zero-order chi connectivity index (χ0) is 17.8. The van der Waals surface area contributed by atoms with Gasteiger partial charge < -0.3 is 20.3 Å².